The van der Waals surface area contributed by atoms with Crippen LogP contribution < -0.4 is 5.56 Å². The minimum absolute atomic E-state index is 0.0200. The Morgan fingerprint density at radius 1 is 1.00 bits per heavy atom. The third-order valence-corrected chi connectivity index (χ3v) is 9.07. The summed E-state index contributed by atoms with van der Waals surface area (Å²) in [5.74, 6) is -4.43. The number of carbonyl (C=O) groups is 2. The Labute approximate surface area is 281 Å². The molecule has 10 heteroatoms. The summed E-state index contributed by atoms with van der Waals surface area (Å²) in [6.45, 7) is 12.9. The number of esters is 1. The zero-order valence-corrected chi connectivity index (χ0v) is 29.2. The van der Waals surface area contributed by atoms with Crippen molar-refractivity contribution < 1.29 is 27.5 Å². The molecule has 0 amide bonds. The monoisotopic (exact) mass is 667 g/mol. The predicted molar refractivity (Wildman–Crippen MR) is 181 cm³/mol. The smallest absolute Gasteiger partial charge is 0.306 e. The molecule has 0 spiro atoms. The molecule has 0 aliphatic carbocycles. The number of ether oxygens (including phenoxy) is 1. The molecule has 2 aromatic carbocycles. The number of benzene rings is 2. The van der Waals surface area contributed by atoms with Crippen molar-refractivity contribution in [1.29, 1.82) is 0 Å². The van der Waals surface area contributed by atoms with Gasteiger partial charge in [-0.15, -0.1) is 0 Å². The average Bonchev–Trinajstić information content (AvgIpc) is 2.99. The molecule has 1 aliphatic rings. The van der Waals surface area contributed by atoms with Gasteiger partial charge in [0.2, 0.25) is 0 Å². The largest absolute Gasteiger partial charge is 0.466 e. The topological polar surface area (TPSA) is 81.5 Å². The number of carbonyl (C=O) groups excluding carboxylic acids is 2. The van der Waals surface area contributed by atoms with Crippen LogP contribution in [0.1, 0.15) is 91.9 Å². The molecule has 1 saturated heterocycles. The lowest BCUT2D eigenvalue weighted by Crippen LogP contribution is -2.56. The van der Waals surface area contributed by atoms with E-state index in [-0.39, 0.29) is 56.2 Å². The molecule has 0 radical (unpaired) electrons. The van der Waals surface area contributed by atoms with Crippen molar-refractivity contribution in [3.05, 3.63) is 86.1 Å². The molecule has 3 aromatic rings. The fourth-order valence-corrected chi connectivity index (χ4v) is 6.67. The molecule has 0 saturated carbocycles. The average molecular weight is 668 g/mol. The summed E-state index contributed by atoms with van der Waals surface area (Å²) in [6, 6.07) is 10.3. The maximum atomic E-state index is 15.9. The Kier molecular flexibility index (Phi) is 12.1. The zero-order chi connectivity index (χ0) is 35.3. The molecular formula is C38H48F3N3O4. The highest BCUT2D eigenvalue weighted by Crippen LogP contribution is 2.36. The van der Waals surface area contributed by atoms with Crippen molar-refractivity contribution in [2.75, 3.05) is 26.2 Å². The van der Waals surface area contributed by atoms with Gasteiger partial charge < -0.3 is 4.74 Å². The quantitative estimate of drug-likeness (QED) is 0.157. The van der Waals surface area contributed by atoms with E-state index >= 15 is 4.39 Å². The molecule has 0 unspecified atom stereocenters. The summed E-state index contributed by atoms with van der Waals surface area (Å²) < 4.78 is 49.1. The molecule has 0 N–H and O–H groups in total. The van der Waals surface area contributed by atoms with E-state index in [9.17, 15) is 23.2 Å². The van der Waals surface area contributed by atoms with Gasteiger partial charge in [-0.3, -0.25) is 19.3 Å². The number of alkyl halides is 2. The number of hydrogen-bond acceptors (Lipinski definition) is 6. The van der Waals surface area contributed by atoms with Crippen LogP contribution in [-0.2, 0) is 20.7 Å². The minimum Gasteiger partial charge on any atom is -0.466 e. The van der Waals surface area contributed by atoms with Crippen LogP contribution in [0.2, 0.25) is 0 Å². The van der Waals surface area contributed by atoms with Gasteiger partial charge in [-0.05, 0) is 111 Å². The van der Waals surface area contributed by atoms with E-state index in [1.54, 1.807) is 43.9 Å². The van der Waals surface area contributed by atoms with Crippen molar-refractivity contribution in [2.45, 2.75) is 98.5 Å². The number of hydrogen-bond donors (Lipinski definition) is 0. The molecule has 0 bridgehead atoms. The number of likely N-dealkylation sites (tertiary alicyclic amines) is 1. The first-order chi connectivity index (χ1) is 22.6. The highest BCUT2D eigenvalue weighted by atomic mass is 19.3. The van der Waals surface area contributed by atoms with Gasteiger partial charge in [-0.2, -0.15) is 5.10 Å². The van der Waals surface area contributed by atoms with E-state index in [2.05, 4.69) is 5.10 Å². The van der Waals surface area contributed by atoms with Crippen LogP contribution in [0.5, 0.6) is 0 Å². The summed E-state index contributed by atoms with van der Waals surface area (Å²) in [5, 5.41) is 4.55. The van der Waals surface area contributed by atoms with Crippen molar-refractivity contribution in [3.8, 4) is 11.1 Å². The summed E-state index contributed by atoms with van der Waals surface area (Å²) >= 11 is 0. The van der Waals surface area contributed by atoms with E-state index in [0.29, 0.717) is 41.8 Å². The van der Waals surface area contributed by atoms with Crippen LogP contribution in [-0.4, -0.2) is 58.6 Å². The van der Waals surface area contributed by atoms with Crippen molar-refractivity contribution in [2.24, 2.45) is 5.92 Å². The van der Waals surface area contributed by atoms with E-state index in [4.69, 9.17) is 4.74 Å². The van der Waals surface area contributed by atoms with E-state index in [1.165, 1.54) is 4.68 Å². The number of aryl methyl sites for hydroxylation is 4. The Hall–Kier alpha value is -3.79. The Balaban J connectivity index is 1.64. The Morgan fingerprint density at radius 2 is 1.67 bits per heavy atom. The molecule has 4 rings (SSSR count). The van der Waals surface area contributed by atoms with Crippen molar-refractivity contribution in [3.63, 3.8) is 0 Å². The standard InChI is InChI=1S/C38H48F3N3O4/c1-8-48-34(46)20-28(31-19-29(17-26(6)36(31)39)35-24(4)10-9-11-25(35)5)12-13-33(45)32(16-23(2)3)44-37(47)27(7)18-30(42-44)14-15-43-21-38(40,41)22-43/h9-11,17-19,23,28,32H,8,12-16,20-22H2,1-7H3/t28-,32-/m0/s1. The molecule has 260 valence electrons. The highest BCUT2D eigenvalue weighted by molar-refractivity contribution is 5.82. The maximum absolute atomic E-state index is 15.9. The lowest BCUT2D eigenvalue weighted by atomic mass is 9.84. The van der Waals surface area contributed by atoms with E-state index < -0.39 is 29.7 Å². The number of ketones is 1. The predicted octanol–water partition coefficient (Wildman–Crippen LogP) is 7.45. The van der Waals surface area contributed by atoms with Gasteiger partial charge in [0.25, 0.3) is 11.5 Å². The molecule has 2 heterocycles. The lowest BCUT2D eigenvalue weighted by molar-refractivity contribution is -0.143. The molecule has 1 aliphatic heterocycles. The first-order valence-electron chi connectivity index (χ1n) is 16.8. The van der Waals surface area contributed by atoms with Crippen LogP contribution in [0, 0.1) is 39.4 Å². The van der Waals surface area contributed by atoms with Gasteiger partial charge >= 0.3 is 5.97 Å². The van der Waals surface area contributed by atoms with Crippen LogP contribution in [0.25, 0.3) is 11.1 Å². The number of rotatable bonds is 15. The highest BCUT2D eigenvalue weighted by Gasteiger charge is 2.43. The first kappa shape index (κ1) is 37.0. The fourth-order valence-electron chi connectivity index (χ4n) is 6.67. The van der Waals surface area contributed by atoms with E-state index in [0.717, 1.165) is 22.3 Å². The lowest BCUT2D eigenvalue weighted by Gasteiger charge is -2.38. The first-order valence-corrected chi connectivity index (χ1v) is 16.8. The van der Waals surface area contributed by atoms with E-state index in [1.807, 2.05) is 45.9 Å². The van der Waals surface area contributed by atoms with Crippen molar-refractivity contribution in [1.82, 2.24) is 14.7 Å². The third kappa shape index (κ3) is 9.01. The van der Waals surface area contributed by atoms with Gasteiger partial charge in [0, 0.05) is 24.9 Å². The second-order valence-corrected chi connectivity index (χ2v) is 13.7. The Bertz CT molecular complexity index is 1670. The van der Waals surface area contributed by atoms with Crippen LogP contribution in [0.15, 0.2) is 41.2 Å². The summed E-state index contributed by atoms with van der Waals surface area (Å²) in [6.07, 6.45) is 0.746. The van der Waals surface area contributed by atoms with Gasteiger partial charge in [-0.1, -0.05) is 32.0 Å². The molecule has 48 heavy (non-hydrogen) atoms. The molecule has 7 nitrogen and oxygen atoms in total. The maximum Gasteiger partial charge on any atom is 0.306 e. The minimum atomic E-state index is -2.68. The van der Waals surface area contributed by atoms with Gasteiger partial charge in [-0.25, -0.2) is 17.9 Å². The number of aromatic nitrogens is 2. The summed E-state index contributed by atoms with van der Waals surface area (Å²) in [4.78, 5) is 41.8. The molecular weight excluding hydrogens is 619 g/mol. The SMILES string of the molecule is CCOC(=O)C[C@H](CCC(=O)[C@H](CC(C)C)n1nc(CCN2CC(F)(F)C2)cc(C)c1=O)c1cc(-c2c(C)cccc2C)cc(C)c1F. The van der Waals surface area contributed by atoms with Crippen LogP contribution in [0.4, 0.5) is 13.2 Å². The molecule has 1 aromatic heterocycles. The van der Waals surface area contributed by atoms with Crippen molar-refractivity contribution >= 4 is 11.8 Å². The third-order valence-electron chi connectivity index (χ3n) is 9.07. The van der Waals surface area contributed by atoms with Gasteiger partial charge in [0.15, 0.2) is 5.78 Å². The summed E-state index contributed by atoms with van der Waals surface area (Å²) in [5.41, 5.74) is 5.26. The Morgan fingerprint density at radius 3 is 2.27 bits per heavy atom. The van der Waals surface area contributed by atoms with Gasteiger partial charge in [0.1, 0.15) is 11.9 Å². The normalized spacial score (nSPS) is 15.6. The molecule has 1 fully saturated rings. The number of nitrogens with zero attached hydrogens (tertiary/aromatic N) is 3. The zero-order valence-electron chi connectivity index (χ0n) is 29.2. The number of halogens is 3. The van der Waals surface area contributed by atoms with Crippen LogP contribution >= 0.6 is 0 Å². The van der Waals surface area contributed by atoms with Crippen LogP contribution in [0.3, 0.4) is 0 Å². The second kappa shape index (κ2) is 15.6. The molecule has 2 atom stereocenters. The fraction of sp³-hybridized carbons (Fsp3) is 0.526. The van der Waals surface area contributed by atoms with Gasteiger partial charge in [0.05, 0.1) is 31.8 Å². The second-order valence-electron chi connectivity index (χ2n) is 13.7. The summed E-state index contributed by atoms with van der Waals surface area (Å²) in [7, 11) is 0. The number of Topliss-reactive ketones (excluding diaryl/α,β-unsaturated/α-hetero) is 1.